The third-order valence-corrected chi connectivity index (χ3v) is 5.11. The van der Waals surface area contributed by atoms with Gasteiger partial charge in [0, 0.05) is 50.5 Å². The Labute approximate surface area is 131 Å². The van der Waals surface area contributed by atoms with Gasteiger partial charge in [-0.3, -0.25) is 9.69 Å². The van der Waals surface area contributed by atoms with E-state index in [1.807, 2.05) is 11.0 Å². The molecule has 1 amide bonds. The van der Waals surface area contributed by atoms with Crippen LogP contribution in [0.1, 0.15) is 28.8 Å². The van der Waals surface area contributed by atoms with E-state index in [2.05, 4.69) is 27.7 Å². The van der Waals surface area contributed by atoms with Gasteiger partial charge in [0.15, 0.2) is 0 Å². The van der Waals surface area contributed by atoms with Crippen LogP contribution in [0.3, 0.4) is 0 Å². The molecule has 1 atom stereocenters. The largest absolute Gasteiger partial charge is 0.385 e. The Morgan fingerprint density at radius 1 is 1.14 bits per heavy atom. The van der Waals surface area contributed by atoms with E-state index in [-0.39, 0.29) is 5.91 Å². The fraction of sp³-hybridized carbons (Fsp3) is 0.588. The minimum atomic E-state index is 0.197. The Bertz CT molecular complexity index is 568. The maximum absolute atomic E-state index is 12.8. The van der Waals surface area contributed by atoms with Gasteiger partial charge in [-0.05, 0) is 43.0 Å². The van der Waals surface area contributed by atoms with Crippen molar-refractivity contribution < 1.29 is 4.79 Å². The number of fused-ring (bicyclic) bond motifs is 1. The number of benzene rings is 1. The van der Waals surface area contributed by atoms with Crippen LogP contribution in [0.2, 0.25) is 0 Å². The highest BCUT2D eigenvalue weighted by molar-refractivity contribution is 5.95. The summed E-state index contributed by atoms with van der Waals surface area (Å²) >= 11 is 0. The van der Waals surface area contributed by atoms with Crippen LogP contribution in [-0.2, 0) is 6.42 Å². The number of nitrogens with zero attached hydrogens (tertiary/aromatic N) is 2. The van der Waals surface area contributed by atoms with Crippen LogP contribution >= 0.6 is 0 Å². The molecule has 0 radical (unpaired) electrons. The van der Waals surface area contributed by atoms with Crippen LogP contribution in [0.15, 0.2) is 18.2 Å². The number of amides is 1. The first kappa shape index (κ1) is 14.0. The second kappa shape index (κ2) is 5.89. The van der Waals surface area contributed by atoms with Gasteiger partial charge in [-0.15, -0.1) is 0 Å². The summed E-state index contributed by atoms with van der Waals surface area (Å²) in [6, 6.07) is 6.14. The highest BCUT2D eigenvalue weighted by Gasteiger charge is 2.37. The van der Waals surface area contributed by atoms with Crippen molar-refractivity contribution in [2.75, 3.05) is 44.6 Å². The van der Waals surface area contributed by atoms with E-state index in [1.165, 1.54) is 11.3 Å². The van der Waals surface area contributed by atoms with E-state index >= 15 is 0 Å². The summed E-state index contributed by atoms with van der Waals surface area (Å²) in [5, 5.41) is 6.78. The van der Waals surface area contributed by atoms with Gasteiger partial charge >= 0.3 is 0 Å². The van der Waals surface area contributed by atoms with Crippen molar-refractivity contribution in [1.29, 1.82) is 0 Å². The second-order valence-corrected chi connectivity index (χ2v) is 6.46. The maximum Gasteiger partial charge on any atom is 0.255 e. The summed E-state index contributed by atoms with van der Waals surface area (Å²) in [4.78, 5) is 17.3. The number of hydrogen-bond acceptors (Lipinski definition) is 4. The fourth-order valence-corrected chi connectivity index (χ4v) is 3.74. The lowest BCUT2D eigenvalue weighted by atomic mass is 9.99. The normalized spacial score (nSPS) is 25.1. The minimum Gasteiger partial charge on any atom is -0.385 e. The topological polar surface area (TPSA) is 47.6 Å². The van der Waals surface area contributed by atoms with Crippen LogP contribution in [-0.4, -0.2) is 61.1 Å². The first-order chi connectivity index (χ1) is 10.8. The van der Waals surface area contributed by atoms with E-state index in [1.54, 1.807) is 0 Å². The summed E-state index contributed by atoms with van der Waals surface area (Å²) in [5.74, 6) is 0.197. The standard InChI is InChI=1S/C17H24N4O/c22-17(14-3-4-15-13(12-14)2-1-6-19-15)21-9-5-16(21)20-10-7-18-8-11-20/h3-4,12,16,18-19H,1-2,5-11H2. The maximum atomic E-state index is 12.8. The highest BCUT2D eigenvalue weighted by Crippen LogP contribution is 2.27. The molecule has 1 aromatic carbocycles. The summed E-state index contributed by atoms with van der Waals surface area (Å²) in [5.41, 5.74) is 3.34. The Morgan fingerprint density at radius 3 is 2.77 bits per heavy atom. The van der Waals surface area contributed by atoms with Crippen LogP contribution in [0.5, 0.6) is 0 Å². The van der Waals surface area contributed by atoms with Crippen LogP contribution in [0, 0.1) is 0 Å². The van der Waals surface area contributed by atoms with Crippen molar-refractivity contribution in [3.8, 4) is 0 Å². The second-order valence-electron chi connectivity index (χ2n) is 6.46. The Morgan fingerprint density at radius 2 is 2.00 bits per heavy atom. The number of nitrogens with one attached hydrogen (secondary N) is 2. The molecule has 5 nitrogen and oxygen atoms in total. The van der Waals surface area contributed by atoms with Gasteiger partial charge in [0.25, 0.3) is 5.91 Å². The van der Waals surface area contributed by atoms with Gasteiger partial charge in [0.2, 0.25) is 0 Å². The predicted octanol–water partition coefficient (Wildman–Crippen LogP) is 1.12. The molecule has 0 aliphatic carbocycles. The average Bonchev–Trinajstić information content (AvgIpc) is 2.54. The molecule has 2 N–H and O–H groups in total. The number of hydrogen-bond donors (Lipinski definition) is 2. The van der Waals surface area contributed by atoms with Gasteiger partial charge < -0.3 is 15.5 Å². The third-order valence-electron chi connectivity index (χ3n) is 5.11. The van der Waals surface area contributed by atoms with Crippen LogP contribution in [0.4, 0.5) is 5.69 Å². The molecule has 1 aromatic rings. The van der Waals surface area contributed by atoms with Crippen molar-refractivity contribution >= 4 is 11.6 Å². The molecular weight excluding hydrogens is 276 g/mol. The number of carbonyl (C=O) groups excluding carboxylic acids is 1. The molecule has 1 unspecified atom stereocenters. The van der Waals surface area contributed by atoms with Gasteiger partial charge in [-0.2, -0.15) is 0 Å². The molecule has 0 bridgehead atoms. The zero-order chi connectivity index (χ0) is 14.9. The van der Waals surface area contributed by atoms with E-state index in [9.17, 15) is 4.79 Å². The molecule has 118 valence electrons. The SMILES string of the molecule is O=C(c1ccc2c(c1)CCCN2)N1CCC1N1CCNCC1. The van der Waals surface area contributed by atoms with Crippen molar-refractivity contribution in [3.05, 3.63) is 29.3 Å². The van der Waals surface area contributed by atoms with Crippen molar-refractivity contribution in [1.82, 2.24) is 15.1 Å². The first-order valence-electron chi connectivity index (χ1n) is 8.45. The number of rotatable bonds is 2. The molecule has 0 saturated carbocycles. The Balaban J connectivity index is 1.49. The molecule has 0 aromatic heterocycles. The first-order valence-corrected chi connectivity index (χ1v) is 8.45. The molecule has 5 heteroatoms. The smallest absolute Gasteiger partial charge is 0.255 e. The van der Waals surface area contributed by atoms with Crippen LogP contribution < -0.4 is 10.6 Å². The van der Waals surface area contributed by atoms with E-state index in [0.717, 1.165) is 64.1 Å². The van der Waals surface area contributed by atoms with Gasteiger partial charge in [-0.1, -0.05) is 0 Å². The average molecular weight is 300 g/mol. The Hall–Kier alpha value is -1.59. The lowest BCUT2D eigenvalue weighted by Crippen LogP contribution is -2.63. The van der Waals surface area contributed by atoms with E-state index in [4.69, 9.17) is 0 Å². The van der Waals surface area contributed by atoms with Gasteiger partial charge in [-0.25, -0.2) is 0 Å². The zero-order valence-corrected chi connectivity index (χ0v) is 13.0. The van der Waals surface area contributed by atoms with Gasteiger partial charge in [0.05, 0.1) is 6.17 Å². The number of anilines is 1. The summed E-state index contributed by atoms with van der Waals surface area (Å²) < 4.78 is 0. The number of likely N-dealkylation sites (tertiary alicyclic amines) is 1. The van der Waals surface area contributed by atoms with Crippen molar-refractivity contribution in [2.45, 2.75) is 25.4 Å². The molecule has 0 spiro atoms. The number of aryl methyl sites for hydroxylation is 1. The summed E-state index contributed by atoms with van der Waals surface area (Å²) in [6.45, 7) is 6.08. The molecule has 3 aliphatic rings. The zero-order valence-electron chi connectivity index (χ0n) is 13.0. The molecule has 3 heterocycles. The number of carbonyl (C=O) groups is 1. The summed E-state index contributed by atoms with van der Waals surface area (Å²) in [7, 11) is 0. The molecule has 22 heavy (non-hydrogen) atoms. The lowest BCUT2D eigenvalue weighted by Gasteiger charge is -2.48. The third kappa shape index (κ3) is 2.48. The molecule has 3 aliphatic heterocycles. The van der Waals surface area contributed by atoms with Gasteiger partial charge in [0.1, 0.15) is 0 Å². The predicted molar refractivity (Wildman–Crippen MR) is 87.1 cm³/mol. The van der Waals surface area contributed by atoms with Crippen molar-refractivity contribution in [3.63, 3.8) is 0 Å². The molecule has 2 fully saturated rings. The lowest BCUT2D eigenvalue weighted by molar-refractivity contribution is -0.0242. The number of piperazine rings is 1. The Kier molecular flexibility index (Phi) is 3.76. The van der Waals surface area contributed by atoms with E-state index < -0.39 is 0 Å². The highest BCUT2D eigenvalue weighted by atomic mass is 16.2. The fourth-order valence-electron chi connectivity index (χ4n) is 3.74. The molecule has 4 rings (SSSR count). The monoisotopic (exact) mass is 300 g/mol. The summed E-state index contributed by atoms with van der Waals surface area (Å²) in [6.07, 6.45) is 3.64. The van der Waals surface area contributed by atoms with Crippen molar-refractivity contribution in [2.24, 2.45) is 0 Å². The molecular formula is C17H24N4O. The molecule has 2 saturated heterocycles. The van der Waals surface area contributed by atoms with E-state index in [0.29, 0.717) is 6.17 Å². The quantitative estimate of drug-likeness (QED) is 0.859. The minimum absolute atomic E-state index is 0.197. The van der Waals surface area contributed by atoms with Crippen LogP contribution in [0.25, 0.3) is 0 Å².